The van der Waals surface area contributed by atoms with E-state index in [0.29, 0.717) is 17.7 Å². The van der Waals surface area contributed by atoms with E-state index in [1.165, 1.54) is 0 Å². The highest BCUT2D eigenvalue weighted by Gasteiger charge is 2.55. The summed E-state index contributed by atoms with van der Waals surface area (Å²) in [7, 11) is 0. The molecule has 5 nitrogen and oxygen atoms in total. The quantitative estimate of drug-likeness (QED) is 0.721. The van der Waals surface area contributed by atoms with Gasteiger partial charge < -0.3 is 15.5 Å². The molecule has 0 saturated heterocycles. The zero-order chi connectivity index (χ0) is 20.1. The standard InChI is InChI=1S/C23H25NO4/c1-3-6-15-13(4-2)7-5-8-16(15)21(26)24-23(22(27)28)11-14-9-20(25)18-10-17(18)19(14)12-23/h3,5-9,17-18,25H,4,10-12H2,1-2H3,(H,24,26)(H,27,28)/b6-3+. The second-order valence-corrected chi connectivity index (χ2v) is 8.00. The number of carboxylic acids is 1. The third kappa shape index (κ3) is 2.86. The lowest BCUT2D eigenvalue weighted by Crippen LogP contribution is -2.53. The molecule has 3 aliphatic carbocycles. The molecule has 3 unspecified atom stereocenters. The Kier molecular flexibility index (Phi) is 4.41. The number of carbonyl (C=O) groups is 2. The highest BCUT2D eigenvalue weighted by Crippen LogP contribution is 2.57. The monoisotopic (exact) mass is 379 g/mol. The van der Waals surface area contributed by atoms with Crippen molar-refractivity contribution < 1.29 is 19.8 Å². The second-order valence-electron chi connectivity index (χ2n) is 8.00. The van der Waals surface area contributed by atoms with Crippen LogP contribution in [0.3, 0.4) is 0 Å². The molecular weight excluding hydrogens is 354 g/mol. The van der Waals surface area contributed by atoms with E-state index < -0.39 is 11.5 Å². The fourth-order valence-corrected chi connectivity index (χ4v) is 4.71. The Morgan fingerprint density at radius 1 is 1.29 bits per heavy atom. The molecule has 3 N–H and O–H groups in total. The Morgan fingerprint density at radius 3 is 2.75 bits per heavy atom. The first-order valence-electron chi connectivity index (χ1n) is 9.83. The molecule has 3 aliphatic rings. The summed E-state index contributed by atoms with van der Waals surface area (Å²) in [5.74, 6) is -0.672. The van der Waals surface area contributed by atoms with Gasteiger partial charge in [0.1, 0.15) is 5.54 Å². The number of carbonyl (C=O) groups excluding carboxylic acids is 1. The minimum atomic E-state index is -1.36. The van der Waals surface area contributed by atoms with E-state index in [0.717, 1.165) is 35.1 Å². The van der Waals surface area contributed by atoms with E-state index in [1.807, 2.05) is 38.1 Å². The Bertz CT molecular complexity index is 955. The highest BCUT2D eigenvalue weighted by atomic mass is 16.4. The molecule has 1 aromatic carbocycles. The second kappa shape index (κ2) is 6.66. The van der Waals surface area contributed by atoms with Crippen molar-refractivity contribution >= 4 is 18.0 Å². The number of aliphatic carboxylic acids is 1. The van der Waals surface area contributed by atoms with E-state index in [2.05, 4.69) is 5.32 Å². The number of aliphatic hydroxyl groups excluding tert-OH is 1. The molecule has 4 rings (SSSR count). The van der Waals surface area contributed by atoms with E-state index in [9.17, 15) is 19.8 Å². The number of allylic oxidation sites excluding steroid dienone is 3. The average molecular weight is 379 g/mol. The van der Waals surface area contributed by atoms with Crippen LogP contribution in [0.25, 0.3) is 6.08 Å². The van der Waals surface area contributed by atoms with Gasteiger partial charge in [-0.25, -0.2) is 4.79 Å². The van der Waals surface area contributed by atoms with Crippen LogP contribution in [0.1, 0.15) is 54.6 Å². The fraction of sp³-hybridized carbons (Fsp3) is 0.391. The molecule has 0 heterocycles. The first-order valence-corrected chi connectivity index (χ1v) is 9.83. The van der Waals surface area contributed by atoms with Gasteiger partial charge in [-0.1, -0.05) is 36.8 Å². The molecular formula is C23H25NO4. The summed E-state index contributed by atoms with van der Waals surface area (Å²) in [6, 6.07) is 5.56. The largest absolute Gasteiger partial charge is 0.512 e. The van der Waals surface area contributed by atoms with Crippen LogP contribution in [-0.2, 0) is 11.2 Å². The van der Waals surface area contributed by atoms with Crippen LogP contribution in [0.15, 0.2) is 47.3 Å². The van der Waals surface area contributed by atoms with Crippen LogP contribution >= 0.6 is 0 Å². The van der Waals surface area contributed by atoms with E-state index in [4.69, 9.17) is 0 Å². The van der Waals surface area contributed by atoms with Gasteiger partial charge in [-0.05, 0) is 54.5 Å². The summed E-state index contributed by atoms with van der Waals surface area (Å²) >= 11 is 0. The normalized spacial score (nSPS) is 28.0. The summed E-state index contributed by atoms with van der Waals surface area (Å²) in [6.45, 7) is 3.93. The van der Waals surface area contributed by atoms with Crippen molar-refractivity contribution in [3.63, 3.8) is 0 Å². The first kappa shape index (κ1) is 18.5. The van der Waals surface area contributed by atoms with Gasteiger partial charge in [0.25, 0.3) is 5.91 Å². The lowest BCUT2D eigenvalue weighted by molar-refractivity contribution is -0.144. The molecule has 146 valence electrons. The van der Waals surface area contributed by atoms with Crippen molar-refractivity contribution in [1.29, 1.82) is 0 Å². The van der Waals surface area contributed by atoms with Crippen molar-refractivity contribution in [3.8, 4) is 0 Å². The molecule has 0 spiro atoms. The van der Waals surface area contributed by atoms with Gasteiger partial charge in [0, 0.05) is 24.3 Å². The maximum absolute atomic E-state index is 13.1. The smallest absolute Gasteiger partial charge is 0.330 e. The zero-order valence-electron chi connectivity index (χ0n) is 16.2. The number of fused-ring (bicyclic) bond motifs is 2. The number of hydrogen-bond donors (Lipinski definition) is 3. The number of hydrogen-bond acceptors (Lipinski definition) is 3. The van der Waals surface area contributed by atoms with Gasteiger partial charge in [-0.3, -0.25) is 4.79 Å². The van der Waals surface area contributed by atoms with Gasteiger partial charge in [-0.2, -0.15) is 0 Å². The van der Waals surface area contributed by atoms with Crippen LogP contribution in [0.4, 0.5) is 0 Å². The minimum Gasteiger partial charge on any atom is -0.512 e. The molecule has 0 aromatic heterocycles. The van der Waals surface area contributed by atoms with E-state index in [1.54, 1.807) is 12.1 Å². The van der Waals surface area contributed by atoms with Crippen molar-refractivity contribution in [3.05, 3.63) is 63.9 Å². The molecule has 5 heteroatoms. The summed E-state index contributed by atoms with van der Waals surface area (Å²) in [4.78, 5) is 25.4. The summed E-state index contributed by atoms with van der Waals surface area (Å²) < 4.78 is 0. The van der Waals surface area contributed by atoms with Crippen molar-refractivity contribution in [2.75, 3.05) is 0 Å². The minimum absolute atomic E-state index is 0.140. The number of aryl methyl sites for hydroxylation is 1. The number of aliphatic hydroxyl groups is 1. The predicted molar refractivity (Wildman–Crippen MR) is 107 cm³/mol. The SMILES string of the molecule is C/C=C/c1c(CC)cccc1C(=O)NC1(C(=O)O)CC2=C(C1)C1CC1C(O)=C2. The molecule has 1 fully saturated rings. The Hall–Kier alpha value is -2.82. The van der Waals surface area contributed by atoms with Gasteiger partial charge in [-0.15, -0.1) is 0 Å². The maximum atomic E-state index is 13.1. The molecule has 0 radical (unpaired) electrons. The Morgan fingerprint density at radius 2 is 2.07 bits per heavy atom. The first-order chi connectivity index (χ1) is 13.4. The number of nitrogens with one attached hydrogen (secondary N) is 1. The molecule has 28 heavy (non-hydrogen) atoms. The van der Waals surface area contributed by atoms with Gasteiger partial charge in [0.05, 0.1) is 5.76 Å². The number of amides is 1. The molecule has 0 bridgehead atoms. The van der Waals surface area contributed by atoms with Crippen LogP contribution in [0.5, 0.6) is 0 Å². The van der Waals surface area contributed by atoms with Gasteiger partial charge >= 0.3 is 5.97 Å². The molecule has 1 aromatic rings. The molecule has 1 saturated carbocycles. The highest BCUT2D eigenvalue weighted by molar-refractivity contribution is 6.01. The molecule has 0 aliphatic heterocycles. The lowest BCUT2D eigenvalue weighted by Gasteiger charge is -2.27. The van der Waals surface area contributed by atoms with Crippen LogP contribution in [-0.4, -0.2) is 27.6 Å². The fourth-order valence-electron chi connectivity index (χ4n) is 4.71. The number of carboxylic acid groups (broad SMARTS) is 1. The molecule has 1 amide bonds. The molecule has 3 atom stereocenters. The summed E-state index contributed by atoms with van der Waals surface area (Å²) in [6.07, 6.45) is 7.67. The van der Waals surface area contributed by atoms with Crippen molar-refractivity contribution in [1.82, 2.24) is 5.32 Å². The Labute approximate surface area is 164 Å². The summed E-state index contributed by atoms with van der Waals surface area (Å²) in [5, 5.41) is 22.9. The van der Waals surface area contributed by atoms with Crippen LogP contribution < -0.4 is 5.32 Å². The third-order valence-corrected chi connectivity index (χ3v) is 6.25. The topological polar surface area (TPSA) is 86.6 Å². The maximum Gasteiger partial charge on any atom is 0.330 e. The van der Waals surface area contributed by atoms with E-state index in [-0.39, 0.29) is 24.2 Å². The average Bonchev–Trinajstić information content (AvgIpc) is 3.39. The lowest BCUT2D eigenvalue weighted by atomic mass is 9.92. The van der Waals surface area contributed by atoms with Gasteiger partial charge in [0.2, 0.25) is 0 Å². The van der Waals surface area contributed by atoms with Crippen LogP contribution in [0, 0.1) is 11.8 Å². The number of rotatable bonds is 5. The predicted octanol–water partition coefficient (Wildman–Crippen LogP) is 4.02. The van der Waals surface area contributed by atoms with Crippen molar-refractivity contribution in [2.45, 2.75) is 45.1 Å². The summed E-state index contributed by atoms with van der Waals surface area (Å²) in [5.41, 5.74) is 2.97. The van der Waals surface area contributed by atoms with Crippen LogP contribution in [0.2, 0.25) is 0 Å². The van der Waals surface area contributed by atoms with E-state index >= 15 is 0 Å². The number of benzene rings is 1. The Balaban J connectivity index is 1.65. The van der Waals surface area contributed by atoms with Crippen molar-refractivity contribution in [2.24, 2.45) is 11.8 Å². The van der Waals surface area contributed by atoms with Gasteiger partial charge in [0.15, 0.2) is 0 Å². The third-order valence-electron chi connectivity index (χ3n) is 6.25. The zero-order valence-corrected chi connectivity index (χ0v) is 16.2.